The van der Waals surface area contributed by atoms with Gasteiger partial charge in [-0.3, -0.25) is 20.7 Å². The Morgan fingerprint density at radius 3 is 1.12 bits per heavy atom. The zero-order valence-electron chi connectivity index (χ0n) is 10.4. The van der Waals surface area contributed by atoms with Crippen molar-refractivity contribution < 1.29 is 10.5 Å². The molecule has 0 amide bonds. The van der Waals surface area contributed by atoms with Crippen LogP contribution in [-0.4, -0.2) is 41.1 Å². The Bertz CT molecular complexity index is 732. The molecule has 0 aliphatic carbocycles. The zero-order valence-corrected chi connectivity index (χ0v) is 17.7. The van der Waals surface area contributed by atoms with Gasteiger partial charge < -0.3 is 0 Å². The van der Waals surface area contributed by atoms with Crippen molar-refractivity contribution in [3.63, 3.8) is 0 Å². The van der Waals surface area contributed by atoms with E-state index in [0.29, 0.717) is 7.91 Å². The molecule has 0 unspecified atom stereocenters. The van der Waals surface area contributed by atoms with Crippen LogP contribution in [0.2, 0.25) is 0 Å². The lowest BCUT2D eigenvalue weighted by molar-refractivity contribution is -0.176. The summed E-state index contributed by atoms with van der Waals surface area (Å²) in [4.78, 5) is 0. The average molecular weight is 497 g/mol. The predicted octanol–water partition coefficient (Wildman–Crippen LogP) is 5.82. The van der Waals surface area contributed by atoms with E-state index in [2.05, 4.69) is 30.6 Å². The van der Waals surface area contributed by atoms with Crippen molar-refractivity contribution in [3.05, 3.63) is 7.91 Å². The highest BCUT2D eigenvalue weighted by atomic mass is 33.1. The van der Waals surface area contributed by atoms with E-state index in [4.69, 9.17) is 35.0 Å². The van der Waals surface area contributed by atoms with E-state index in [9.17, 15) is 0 Å². The molecule has 8 nitrogen and oxygen atoms in total. The second-order valence-corrected chi connectivity index (χ2v) is 12.5. The van der Waals surface area contributed by atoms with Crippen LogP contribution in [0, 0.1) is 7.91 Å². The molecule has 0 aromatic carbocycles. The van der Waals surface area contributed by atoms with Gasteiger partial charge in [-0.15, -0.1) is 20.4 Å². The SMILES string of the molecule is C.OO.S=c1[nH][nH]c(=S)s1.n1nc2sc1SSc1nnc(s1)SS2. The van der Waals surface area contributed by atoms with Gasteiger partial charge in [-0.05, 0) is 67.6 Å². The molecule has 132 valence electrons. The lowest BCUT2D eigenvalue weighted by atomic mass is 11.6. The zero-order chi connectivity index (χ0) is 16.7. The molecule has 4 rings (SSSR count). The van der Waals surface area contributed by atoms with Crippen LogP contribution in [0.1, 0.15) is 7.43 Å². The maximum absolute atomic E-state index is 6.00. The molecule has 4 N–H and O–H groups in total. The van der Waals surface area contributed by atoms with Gasteiger partial charge in [-0.1, -0.05) is 41.4 Å². The normalized spacial score (nSPS) is 11.9. The van der Waals surface area contributed by atoms with Crippen molar-refractivity contribution in [1.82, 2.24) is 30.6 Å². The van der Waals surface area contributed by atoms with Crippen LogP contribution in [0.5, 0.6) is 0 Å². The first kappa shape index (κ1) is 22.5. The van der Waals surface area contributed by atoms with Crippen molar-refractivity contribution in [2.75, 3.05) is 0 Å². The molecule has 1 aliphatic rings. The summed E-state index contributed by atoms with van der Waals surface area (Å²) < 4.78 is 5.28. The lowest BCUT2D eigenvalue weighted by Gasteiger charge is -1.91. The number of hydrogen-bond donors (Lipinski definition) is 4. The summed E-state index contributed by atoms with van der Waals surface area (Å²) in [5.41, 5.74) is 0. The fraction of sp³-hybridized carbons (Fsp3) is 0.143. The highest BCUT2D eigenvalue weighted by molar-refractivity contribution is 8.78. The molecule has 17 heteroatoms. The second kappa shape index (κ2) is 11.9. The molecule has 4 heterocycles. The number of fused-ring (bicyclic) bond motifs is 4. The number of H-pyrrole nitrogens is 2. The van der Waals surface area contributed by atoms with Gasteiger partial charge in [-0.25, -0.2) is 0 Å². The quantitative estimate of drug-likeness (QED) is 0.130. The van der Waals surface area contributed by atoms with E-state index in [1.165, 1.54) is 11.3 Å². The Morgan fingerprint density at radius 2 is 0.917 bits per heavy atom. The minimum Gasteiger partial charge on any atom is -0.281 e. The number of aromatic nitrogens is 6. The number of nitrogens with zero attached hydrogens (tertiary/aromatic N) is 4. The third-order valence-corrected chi connectivity index (χ3v) is 10.6. The van der Waals surface area contributed by atoms with Gasteiger partial charge in [-0.2, -0.15) is 0 Å². The molecule has 0 spiro atoms. The smallest absolute Gasteiger partial charge is 0.186 e. The van der Waals surface area contributed by atoms with Crippen LogP contribution in [0.3, 0.4) is 0 Å². The van der Waals surface area contributed by atoms with Crippen LogP contribution in [0.25, 0.3) is 0 Å². The Morgan fingerprint density at radius 1 is 0.625 bits per heavy atom. The number of nitrogens with one attached hydrogen (secondary N) is 2. The van der Waals surface area contributed by atoms with E-state index >= 15 is 0 Å². The summed E-state index contributed by atoms with van der Waals surface area (Å²) in [6, 6.07) is 0. The molecular formula is C7H8N6O2S9. The average Bonchev–Trinajstić information content (AvgIpc) is 3.27. The maximum Gasteiger partial charge on any atom is 0.186 e. The summed E-state index contributed by atoms with van der Waals surface area (Å²) in [6.45, 7) is 0. The van der Waals surface area contributed by atoms with Gasteiger partial charge in [0, 0.05) is 0 Å². The maximum atomic E-state index is 6.00. The molecule has 0 saturated carbocycles. The third-order valence-electron chi connectivity index (χ3n) is 1.60. The van der Waals surface area contributed by atoms with Gasteiger partial charge in [0.15, 0.2) is 25.3 Å². The van der Waals surface area contributed by atoms with Gasteiger partial charge >= 0.3 is 0 Å². The van der Waals surface area contributed by atoms with E-state index in [1.54, 1.807) is 65.8 Å². The van der Waals surface area contributed by atoms with E-state index in [1.807, 2.05) is 0 Å². The Labute approximate surface area is 174 Å². The van der Waals surface area contributed by atoms with Crippen molar-refractivity contribution in [1.29, 1.82) is 0 Å². The molecule has 0 saturated heterocycles. The Balaban J connectivity index is 0.000000247. The van der Waals surface area contributed by atoms with Gasteiger partial charge in [0.1, 0.15) is 0 Å². The second-order valence-electron chi connectivity index (χ2n) is 2.93. The fourth-order valence-corrected chi connectivity index (χ4v) is 8.76. The third kappa shape index (κ3) is 7.36. The summed E-state index contributed by atoms with van der Waals surface area (Å²) in [5.74, 6) is 0. The van der Waals surface area contributed by atoms with Crippen LogP contribution in [-0.2, 0) is 0 Å². The first-order valence-electron chi connectivity index (χ1n) is 5.03. The van der Waals surface area contributed by atoms with Crippen molar-refractivity contribution in [2.45, 2.75) is 24.8 Å². The van der Waals surface area contributed by atoms with Crippen LogP contribution in [0.15, 0.2) is 17.4 Å². The Hall–Kier alpha value is 0.440. The van der Waals surface area contributed by atoms with E-state index in [-0.39, 0.29) is 7.43 Å². The number of aromatic amines is 2. The fourth-order valence-electron chi connectivity index (χ4n) is 0.909. The highest BCUT2D eigenvalue weighted by Gasteiger charge is 2.14. The molecule has 0 atom stereocenters. The van der Waals surface area contributed by atoms with Crippen molar-refractivity contribution in [2.24, 2.45) is 0 Å². The monoisotopic (exact) mass is 496 g/mol. The molecule has 1 aliphatic heterocycles. The molecular weight excluding hydrogens is 489 g/mol. The van der Waals surface area contributed by atoms with Gasteiger partial charge in [0.2, 0.25) is 0 Å². The van der Waals surface area contributed by atoms with Crippen molar-refractivity contribution in [3.8, 4) is 0 Å². The van der Waals surface area contributed by atoms with Gasteiger partial charge in [0.05, 0.1) is 0 Å². The van der Waals surface area contributed by atoms with E-state index < -0.39 is 0 Å². The summed E-state index contributed by atoms with van der Waals surface area (Å²) in [5, 5.41) is 33.6. The largest absolute Gasteiger partial charge is 0.281 e. The molecule has 24 heavy (non-hydrogen) atoms. The van der Waals surface area contributed by atoms with Crippen LogP contribution >= 0.6 is 102 Å². The predicted molar refractivity (Wildman–Crippen MR) is 110 cm³/mol. The minimum atomic E-state index is 0. The Kier molecular flexibility index (Phi) is 11.2. The molecule has 3 aromatic heterocycles. The first-order chi connectivity index (χ1) is 11.2. The first-order valence-corrected chi connectivity index (χ1v) is 12.6. The summed E-state index contributed by atoms with van der Waals surface area (Å²) in [6.07, 6.45) is 0. The molecule has 0 fully saturated rings. The van der Waals surface area contributed by atoms with Crippen LogP contribution < -0.4 is 0 Å². The number of rotatable bonds is 0. The van der Waals surface area contributed by atoms with E-state index in [0.717, 1.165) is 17.4 Å². The van der Waals surface area contributed by atoms with Gasteiger partial charge in [0.25, 0.3) is 0 Å². The summed E-state index contributed by atoms with van der Waals surface area (Å²) >= 11 is 14.0. The molecule has 4 bridgehead atoms. The standard InChI is InChI=1S/C4N4S6.C2H2N2S3.CH4.H2O2/c5-1-9-2(6-5)13-14-4-8-7-3(10-4)12-11-1;5-1-3-4-2(6)7-1;;1-2/h;(H,3,5)(H,4,6);1H4;1-2H. The minimum absolute atomic E-state index is 0. The van der Waals surface area contributed by atoms with Crippen LogP contribution in [0.4, 0.5) is 0 Å². The summed E-state index contributed by atoms with van der Waals surface area (Å²) in [7, 11) is 6.35. The highest BCUT2D eigenvalue weighted by Crippen LogP contribution is 2.48. The topological polar surface area (TPSA) is 124 Å². The van der Waals surface area contributed by atoms with Crippen molar-refractivity contribution >= 4 is 102 Å². The number of hydrogen-bond acceptors (Lipinski definition) is 15. The molecule has 3 aromatic rings. The lowest BCUT2D eigenvalue weighted by Crippen LogP contribution is -1.71. The molecule has 0 radical (unpaired) electrons.